The van der Waals surface area contributed by atoms with Crippen LogP contribution in [0, 0.1) is 0 Å². The van der Waals surface area contributed by atoms with E-state index in [4.69, 9.17) is 0 Å². The molecule has 3 heteroatoms. The van der Waals surface area contributed by atoms with Crippen LogP contribution in [-0.2, 0) is 6.42 Å². The first-order valence-corrected chi connectivity index (χ1v) is 5.40. The van der Waals surface area contributed by atoms with E-state index in [-0.39, 0.29) is 0 Å². The van der Waals surface area contributed by atoms with E-state index >= 15 is 0 Å². The van der Waals surface area contributed by atoms with Gasteiger partial charge in [-0.1, -0.05) is 0 Å². The third-order valence-corrected chi connectivity index (χ3v) is 2.25. The normalized spacial score (nSPS) is 11.7. The molecule has 0 amide bonds. The fourth-order valence-electron chi connectivity index (χ4n) is 1.30. The summed E-state index contributed by atoms with van der Waals surface area (Å²) < 4.78 is 0. The number of hydrogen-bond donors (Lipinski definition) is 2. The summed E-state index contributed by atoms with van der Waals surface area (Å²) in [6, 6.07) is 4.05. The maximum absolute atomic E-state index is 9.49. The van der Waals surface area contributed by atoms with Crippen molar-refractivity contribution in [3.8, 4) is 0 Å². The van der Waals surface area contributed by atoms with Gasteiger partial charge in [-0.15, -0.1) is 0 Å². The van der Waals surface area contributed by atoms with Crippen LogP contribution in [-0.4, -0.2) is 28.8 Å². The minimum atomic E-state index is -0.566. The molecule has 84 valence electrons. The molecule has 0 spiro atoms. The summed E-state index contributed by atoms with van der Waals surface area (Å²) in [5.41, 5.74) is 0.727. The van der Waals surface area contributed by atoms with Crippen LogP contribution in [0.3, 0.4) is 0 Å². The first-order chi connectivity index (χ1) is 7.08. The highest BCUT2D eigenvalue weighted by Crippen LogP contribution is 2.05. The molecule has 3 nitrogen and oxygen atoms in total. The second kappa shape index (κ2) is 5.83. The average Bonchev–Trinajstić information content (AvgIpc) is 2.17. The van der Waals surface area contributed by atoms with Crippen LogP contribution in [0.15, 0.2) is 24.5 Å². The van der Waals surface area contributed by atoms with E-state index < -0.39 is 5.60 Å². The van der Waals surface area contributed by atoms with Gasteiger partial charge in [0.2, 0.25) is 0 Å². The summed E-state index contributed by atoms with van der Waals surface area (Å²) >= 11 is 0. The number of hydrogen-bond acceptors (Lipinski definition) is 3. The van der Waals surface area contributed by atoms with Gasteiger partial charge in [-0.05, 0) is 57.5 Å². The fourth-order valence-corrected chi connectivity index (χ4v) is 1.30. The zero-order valence-corrected chi connectivity index (χ0v) is 9.53. The summed E-state index contributed by atoms with van der Waals surface area (Å²) in [6.45, 7) is 5.46. The molecule has 0 radical (unpaired) electrons. The van der Waals surface area contributed by atoms with Gasteiger partial charge in [0.05, 0.1) is 5.60 Å². The smallest absolute Gasteiger partial charge is 0.0603 e. The molecule has 0 aromatic carbocycles. The molecule has 0 fully saturated rings. The topological polar surface area (TPSA) is 45.1 Å². The summed E-state index contributed by atoms with van der Waals surface area (Å²) in [7, 11) is 0. The van der Waals surface area contributed by atoms with E-state index in [1.54, 1.807) is 0 Å². The molecule has 0 aliphatic carbocycles. The average molecular weight is 208 g/mol. The quantitative estimate of drug-likeness (QED) is 0.694. The van der Waals surface area contributed by atoms with Gasteiger partial charge in [0, 0.05) is 12.4 Å². The molecule has 1 heterocycles. The van der Waals surface area contributed by atoms with Gasteiger partial charge in [-0.25, -0.2) is 0 Å². The lowest BCUT2D eigenvalue weighted by molar-refractivity contribution is 0.0713. The molecule has 0 aliphatic rings. The standard InChI is InChI=1S/C12H20N2O/c1-12(2,15)6-10-14-9-5-11-3-7-13-8-4-11/h3-4,7-8,14-15H,5-6,9-10H2,1-2H3. The Bertz CT molecular complexity index is 267. The van der Waals surface area contributed by atoms with Gasteiger partial charge in [0.1, 0.15) is 0 Å². The van der Waals surface area contributed by atoms with Crippen LogP contribution in [0.2, 0.25) is 0 Å². The first kappa shape index (κ1) is 12.1. The van der Waals surface area contributed by atoms with Crippen molar-refractivity contribution in [2.75, 3.05) is 13.1 Å². The van der Waals surface area contributed by atoms with Crippen molar-refractivity contribution in [2.24, 2.45) is 0 Å². The molecule has 1 aromatic heterocycles. The Morgan fingerprint density at radius 3 is 2.53 bits per heavy atom. The van der Waals surface area contributed by atoms with Gasteiger partial charge in [-0.2, -0.15) is 0 Å². The molecule has 0 aliphatic heterocycles. The number of nitrogens with zero attached hydrogens (tertiary/aromatic N) is 1. The highest BCUT2D eigenvalue weighted by atomic mass is 16.3. The van der Waals surface area contributed by atoms with Gasteiger partial charge in [-0.3, -0.25) is 4.98 Å². The van der Waals surface area contributed by atoms with Crippen molar-refractivity contribution in [1.29, 1.82) is 0 Å². The van der Waals surface area contributed by atoms with Gasteiger partial charge >= 0.3 is 0 Å². The summed E-state index contributed by atoms with van der Waals surface area (Å²) in [5, 5.41) is 12.8. The van der Waals surface area contributed by atoms with Crippen molar-refractivity contribution < 1.29 is 5.11 Å². The van der Waals surface area contributed by atoms with Crippen LogP contribution >= 0.6 is 0 Å². The zero-order valence-electron chi connectivity index (χ0n) is 9.53. The Hall–Kier alpha value is -0.930. The molecule has 1 rings (SSSR count). The fraction of sp³-hybridized carbons (Fsp3) is 0.583. The van der Waals surface area contributed by atoms with Gasteiger partial charge in [0.25, 0.3) is 0 Å². The van der Waals surface area contributed by atoms with Crippen LogP contribution in [0.5, 0.6) is 0 Å². The first-order valence-electron chi connectivity index (χ1n) is 5.40. The van der Waals surface area contributed by atoms with Crippen LogP contribution in [0.4, 0.5) is 0 Å². The lowest BCUT2D eigenvalue weighted by Crippen LogP contribution is -2.27. The summed E-state index contributed by atoms with van der Waals surface area (Å²) in [6.07, 6.45) is 5.41. The predicted molar refractivity (Wildman–Crippen MR) is 61.7 cm³/mol. The number of aromatic nitrogens is 1. The lowest BCUT2D eigenvalue weighted by Gasteiger charge is -2.16. The Labute approximate surface area is 91.5 Å². The Balaban J connectivity index is 2.08. The van der Waals surface area contributed by atoms with Crippen LogP contribution < -0.4 is 5.32 Å². The number of nitrogens with one attached hydrogen (secondary N) is 1. The minimum Gasteiger partial charge on any atom is -0.390 e. The maximum Gasteiger partial charge on any atom is 0.0603 e. The highest BCUT2D eigenvalue weighted by Gasteiger charge is 2.10. The van der Waals surface area contributed by atoms with E-state index in [2.05, 4.69) is 10.3 Å². The second-order valence-electron chi connectivity index (χ2n) is 4.42. The second-order valence-corrected chi connectivity index (χ2v) is 4.42. The van der Waals surface area contributed by atoms with E-state index in [0.717, 1.165) is 25.9 Å². The summed E-state index contributed by atoms with van der Waals surface area (Å²) in [5.74, 6) is 0. The Morgan fingerprint density at radius 1 is 1.27 bits per heavy atom. The molecule has 15 heavy (non-hydrogen) atoms. The number of rotatable bonds is 6. The molecule has 2 N–H and O–H groups in total. The van der Waals surface area contributed by atoms with Crippen molar-refractivity contribution in [2.45, 2.75) is 32.3 Å². The maximum atomic E-state index is 9.49. The highest BCUT2D eigenvalue weighted by molar-refractivity contribution is 5.09. The van der Waals surface area contributed by atoms with Crippen molar-refractivity contribution in [1.82, 2.24) is 10.3 Å². The van der Waals surface area contributed by atoms with Crippen LogP contribution in [0.25, 0.3) is 0 Å². The lowest BCUT2D eigenvalue weighted by atomic mass is 10.1. The number of pyridine rings is 1. The third-order valence-electron chi connectivity index (χ3n) is 2.25. The summed E-state index contributed by atoms with van der Waals surface area (Å²) in [4.78, 5) is 3.97. The zero-order chi connectivity index (χ0) is 11.1. The largest absolute Gasteiger partial charge is 0.390 e. The van der Waals surface area contributed by atoms with E-state index in [1.165, 1.54) is 5.56 Å². The van der Waals surface area contributed by atoms with Gasteiger partial charge < -0.3 is 10.4 Å². The van der Waals surface area contributed by atoms with Crippen molar-refractivity contribution in [3.05, 3.63) is 30.1 Å². The molecular weight excluding hydrogens is 188 g/mol. The van der Waals surface area contributed by atoms with E-state index in [9.17, 15) is 5.11 Å². The minimum absolute atomic E-state index is 0.566. The predicted octanol–water partition coefficient (Wildman–Crippen LogP) is 1.37. The molecule has 0 bridgehead atoms. The SMILES string of the molecule is CC(C)(O)CCNCCc1ccncc1. The van der Waals surface area contributed by atoms with Gasteiger partial charge in [0.15, 0.2) is 0 Å². The molecule has 0 atom stereocenters. The monoisotopic (exact) mass is 208 g/mol. The molecule has 0 saturated heterocycles. The molecule has 0 unspecified atom stereocenters. The van der Waals surface area contributed by atoms with Crippen molar-refractivity contribution >= 4 is 0 Å². The molecular formula is C12H20N2O. The van der Waals surface area contributed by atoms with Crippen LogP contribution in [0.1, 0.15) is 25.8 Å². The number of aliphatic hydroxyl groups is 1. The Kier molecular flexibility index (Phi) is 4.72. The van der Waals surface area contributed by atoms with Crippen molar-refractivity contribution in [3.63, 3.8) is 0 Å². The van der Waals surface area contributed by atoms with E-state index in [1.807, 2.05) is 38.4 Å². The Morgan fingerprint density at radius 2 is 1.93 bits per heavy atom. The van der Waals surface area contributed by atoms with E-state index in [0.29, 0.717) is 0 Å². The third kappa shape index (κ3) is 6.20. The molecule has 0 saturated carbocycles. The molecule has 1 aromatic rings.